The first-order chi connectivity index (χ1) is 11.7. The molecule has 0 bridgehead atoms. The van der Waals surface area contributed by atoms with E-state index in [-0.39, 0.29) is 5.43 Å². The Morgan fingerprint density at radius 3 is 2.54 bits per heavy atom. The second kappa shape index (κ2) is 5.49. The maximum absolute atomic E-state index is 12.2. The van der Waals surface area contributed by atoms with Gasteiger partial charge < -0.3 is 9.88 Å². The molecule has 118 valence electrons. The smallest absolute Gasteiger partial charge is 0.183 e. The van der Waals surface area contributed by atoms with Crippen molar-refractivity contribution in [3.63, 3.8) is 0 Å². The molecule has 2 aromatic carbocycles. The van der Waals surface area contributed by atoms with E-state index in [1.807, 2.05) is 62.5 Å². The lowest BCUT2D eigenvalue weighted by atomic mass is 10.1. The Balaban J connectivity index is 2.21. The van der Waals surface area contributed by atoms with E-state index in [1.54, 1.807) is 6.07 Å². The number of nitrogens with one attached hydrogen (secondary N) is 1. The second-order valence-electron chi connectivity index (χ2n) is 5.84. The van der Waals surface area contributed by atoms with E-state index in [9.17, 15) is 4.79 Å². The minimum atomic E-state index is 0.0260. The van der Waals surface area contributed by atoms with E-state index in [1.165, 1.54) is 0 Å². The normalized spacial score (nSPS) is 11.1. The van der Waals surface area contributed by atoms with Crippen LogP contribution >= 0.6 is 0 Å². The molecular weight excluding hydrogens is 298 g/mol. The Morgan fingerprint density at radius 1 is 1.00 bits per heavy atom. The van der Waals surface area contributed by atoms with E-state index in [0.29, 0.717) is 5.56 Å². The van der Waals surface area contributed by atoms with Gasteiger partial charge in [0.25, 0.3) is 0 Å². The van der Waals surface area contributed by atoms with Crippen molar-refractivity contribution in [1.29, 1.82) is 0 Å². The molecule has 4 nitrogen and oxygen atoms in total. The lowest BCUT2D eigenvalue weighted by Gasteiger charge is -2.19. The van der Waals surface area contributed by atoms with Gasteiger partial charge in [-0.2, -0.15) is 0 Å². The Kier molecular flexibility index (Phi) is 3.31. The average Bonchev–Trinajstić information content (AvgIpc) is 2.61. The van der Waals surface area contributed by atoms with Gasteiger partial charge in [0.15, 0.2) is 5.43 Å². The van der Waals surface area contributed by atoms with Gasteiger partial charge in [-0.1, -0.05) is 18.2 Å². The van der Waals surface area contributed by atoms with Crippen molar-refractivity contribution in [1.82, 2.24) is 9.55 Å². The summed E-state index contributed by atoms with van der Waals surface area (Å²) >= 11 is 0. The number of rotatable bonds is 2. The lowest BCUT2D eigenvalue weighted by molar-refractivity contribution is 1.07. The van der Waals surface area contributed by atoms with Crippen molar-refractivity contribution in [3.05, 3.63) is 76.5 Å². The number of aryl methyl sites for hydroxylation is 1. The zero-order valence-electron chi connectivity index (χ0n) is 13.6. The molecule has 2 aromatic rings. The van der Waals surface area contributed by atoms with Gasteiger partial charge >= 0.3 is 0 Å². The van der Waals surface area contributed by atoms with E-state index >= 15 is 0 Å². The molecule has 0 fully saturated rings. The molecule has 0 spiro atoms. The van der Waals surface area contributed by atoms with Crippen LogP contribution in [0.15, 0.2) is 65.5 Å². The number of nitrogens with zero attached hydrogens (tertiary/aromatic N) is 2. The fourth-order valence-electron chi connectivity index (χ4n) is 3.00. The number of aromatic nitrogens is 2. The first-order valence-electron chi connectivity index (χ1n) is 7.88. The molecule has 1 aliphatic heterocycles. The predicted molar refractivity (Wildman–Crippen MR) is 98.2 cm³/mol. The highest BCUT2D eigenvalue weighted by Crippen LogP contribution is 2.30. The molecule has 0 atom stereocenters. The largest absolute Gasteiger partial charge is 0.388 e. The van der Waals surface area contributed by atoms with Crippen LogP contribution in [0, 0.1) is 6.92 Å². The van der Waals surface area contributed by atoms with Crippen molar-refractivity contribution in [2.45, 2.75) is 6.92 Å². The van der Waals surface area contributed by atoms with Gasteiger partial charge in [0.2, 0.25) is 0 Å². The molecule has 1 aliphatic carbocycles. The minimum absolute atomic E-state index is 0.0260. The topological polar surface area (TPSA) is 46.9 Å². The molecule has 0 aromatic heterocycles. The average molecular weight is 315 g/mol. The van der Waals surface area contributed by atoms with Crippen LogP contribution in [0.3, 0.4) is 0 Å². The third-order valence-corrected chi connectivity index (χ3v) is 4.27. The maximum atomic E-state index is 12.2. The van der Waals surface area contributed by atoms with E-state index in [0.717, 1.165) is 33.8 Å². The predicted octanol–water partition coefficient (Wildman–Crippen LogP) is 3.84. The lowest BCUT2D eigenvalue weighted by Crippen LogP contribution is -2.12. The molecule has 1 N–H and O–H groups in total. The molecule has 0 unspecified atom stereocenters. The number of para-hydroxylation sites is 1. The number of benzene rings is 3. The summed E-state index contributed by atoms with van der Waals surface area (Å²) in [5.41, 5.74) is 6.23. The third-order valence-electron chi connectivity index (χ3n) is 4.27. The molecule has 0 saturated heterocycles. The summed E-state index contributed by atoms with van der Waals surface area (Å²) in [6, 6.07) is 19.6. The van der Waals surface area contributed by atoms with Crippen LogP contribution in [0.1, 0.15) is 5.56 Å². The summed E-state index contributed by atoms with van der Waals surface area (Å²) in [5.74, 6) is 0. The highest BCUT2D eigenvalue weighted by atomic mass is 16.1. The third kappa shape index (κ3) is 2.24. The number of hydrogen-bond acceptors (Lipinski definition) is 3. The molecule has 4 heteroatoms. The van der Waals surface area contributed by atoms with Crippen LogP contribution in [0.25, 0.3) is 28.1 Å². The Hall–Kier alpha value is -3.14. The SMILES string of the molecule is CNc1ccc2nc3cc(C)c(=O)cc-3n(-c3ccccc3)c2c1. The van der Waals surface area contributed by atoms with Crippen molar-refractivity contribution >= 4 is 16.7 Å². The highest BCUT2D eigenvalue weighted by Gasteiger charge is 2.16. The Labute approximate surface area is 139 Å². The fraction of sp³-hybridized carbons (Fsp3) is 0.100. The summed E-state index contributed by atoms with van der Waals surface area (Å²) in [7, 11) is 1.89. The van der Waals surface area contributed by atoms with Crippen LogP contribution in [0.5, 0.6) is 0 Å². The quantitative estimate of drug-likeness (QED) is 0.572. The maximum Gasteiger partial charge on any atom is 0.183 e. The van der Waals surface area contributed by atoms with Gasteiger partial charge in [-0.3, -0.25) is 4.79 Å². The van der Waals surface area contributed by atoms with Gasteiger partial charge in [0, 0.05) is 24.5 Å². The van der Waals surface area contributed by atoms with E-state index in [4.69, 9.17) is 4.98 Å². The van der Waals surface area contributed by atoms with Crippen LogP contribution in [0.2, 0.25) is 0 Å². The second-order valence-corrected chi connectivity index (χ2v) is 5.84. The summed E-state index contributed by atoms with van der Waals surface area (Å²) < 4.78 is 2.10. The molecule has 0 radical (unpaired) electrons. The molecule has 24 heavy (non-hydrogen) atoms. The number of anilines is 1. The van der Waals surface area contributed by atoms with Crippen molar-refractivity contribution in [3.8, 4) is 17.1 Å². The van der Waals surface area contributed by atoms with Crippen LogP contribution in [0.4, 0.5) is 5.69 Å². The highest BCUT2D eigenvalue weighted by molar-refractivity contribution is 5.85. The van der Waals surface area contributed by atoms with Gasteiger partial charge in [-0.05, 0) is 48.9 Å². The number of hydrogen-bond donors (Lipinski definition) is 1. The summed E-state index contributed by atoms with van der Waals surface area (Å²) in [6.45, 7) is 1.82. The zero-order valence-corrected chi connectivity index (χ0v) is 13.6. The van der Waals surface area contributed by atoms with Gasteiger partial charge in [0.05, 0.1) is 22.4 Å². The standard InChI is InChI=1S/C20H17N3O/c1-13-10-17-19(12-20(13)24)23(15-6-4-3-5-7-15)18-11-14(21-2)8-9-16(18)22-17/h3-12,21H,1-2H3. The molecule has 2 aliphatic rings. The molecule has 1 heterocycles. The summed E-state index contributed by atoms with van der Waals surface area (Å²) in [6.07, 6.45) is 0. The minimum Gasteiger partial charge on any atom is -0.388 e. The zero-order chi connectivity index (χ0) is 16.7. The van der Waals surface area contributed by atoms with Crippen LogP contribution in [-0.4, -0.2) is 16.6 Å². The molecular formula is C20H17N3O. The van der Waals surface area contributed by atoms with Gasteiger partial charge in [-0.25, -0.2) is 4.98 Å². The summed E-state index contributed by atoms with van der Waals surface area (Å²) in [4.78, 5) is 17.0. The molecule has 0 amide bonds. The molecule has 0 saturated carbocycles. The van der Waals surface area contributed by atoms with E-state index < -0.39 is 0 Å². The van der Waals surface area contributed by atoms with Crippen molar-refractivity contribution in [2.75, 3.05) is 12.4 Å². The first-order valence-corrected chi connectivity index (χ1v) is 7.88. The van der Waals surface area contributed by atoms with Crippen LogP contribution < -0.4 is 10.7 Å². The summed E-state index contributed by atoms with van der Waals surface area (Å²) in [5, 5.41) is 3.16. The monoisotopic (exact) mass is 315 g/mol. The van der Waals surface area contributed by atoms with Crippen LogP contribution in [-0.2, 0) is 0 Å². The van der Waals surface area contributed by atoms with Crippen molar-refractivity contribution in [2.24, 2.45) is 0 Å². The Morgan fingerprint density at radius 2 is 1.79 bits per heavy atom. The van der Waals surface area contributed by atoms with Gasteiger partial charge in [0.1, 0.15) is 0 Å². The Bertz CT molecular complexity index is 1070. The fourth-order valence-corrected chi connectivity index (χ4v) is 3.00. The van der Waals surface area contributed by atoms with Gasteiger partial charge in [-0.15, -0.1) is 0 Å². The first kappa shape index (κ1) is 14.5. The van der Waals surface area contributed by atoms with Crippen molar-refractivity contribution < 1.29 is 0 Å². The number of fused-ring (bicyclic) bond motifs is 2. The van der Waals surface area contributed by atoms with E-state index in [2.05, 4.69) is 16.0 Å². The molecule has 4 rings (SSSR count).